The summed E-state index contributed by atoms with van der Waals surface area (Å²) >= 11 is 3.26. The molecule has 0 fully saturated rings. The fraction of sp³-hybridized carbons (Fsp3) is 0.364. The van der Waals surface area contributed by atoms with Crippen LogP contribution in [0.15, 0.2) is 24.3 Å². The first-order chi connectivity index (χ1) is 6.52. The summed E-state index contributed by atoms with van der Waals surface area (Å²) in [4.78, 5) is 13.1. The van der Waals surface area contributed by atoms with Crippen molar-refractivity contribution < 1.29 is 4.79 Å². The third-order valence-corrected chi connectivity index (χ3v) is 2.45. The zero-order valence-corrected chi connectivity index (χ0v) is 10.2. The fourth-order valence-electron chi connectivity index (χ4n) is 1.23. The minimum Gasteiger partial charge on any atom is -0.315 e. The van der Waals surface area contributed by atoms with Gasteiger partial charge in [-0.2, -0.15) is 0 Å². The average Bonchev–Trinajstić information content (AvgIpc) is 2.15. The van der Waals surface area contributed by atoms with Crippen LogP contribution in [0.5, 0.6) is 0 Å². The van der Waals surface area contributed by atoms with Gasteiger partial charge >= 0.3 is 0 Å². The first-order valence-electron chi connectivity index (χ1n) is 4.50. The monoisotopic (exact) mass is 255 g/mol. The predicted molar refractivity (Wildman–Crippen MR) is 63.0 cm³/mol. The summed E-state index contributed by atoms with van der Waals surface area (Å²) < 4.78 is 0. The zero-order valence-electron chi connectivity index (χ0n) is 8.62. The van der Waals surface area contributed by atoms with E-state index in [1.807, 2.05) is 38.1 Å². The Morgan fingerprint density at radius 1 is 1.50 bits per heavy atom. The number of halogens is 1. The molecule has 0 N–H and O–H groups in total. The van der Waals surface area contributed by atoms with Crippen molar-refractivity contribution in [1.82, 2.24) is 0 Å². The van der Waals surface area contributed by atoms with Gasteiger partial charge < -0.3 is 4.90 Å². The van der Waals surface area contributed by atoms with E-state index < -0.39 is 0 Å². The van der Waals surface area contributed by atoms with Gasteiger partial charge in [-0.15, -0.1) is 0 Å². The standard InChI is InChI=1S/C11H14BrNO/c1-8-5-4-6-10(7-8)13(3)11(14)9(2)12/h4-7,9H,1-3H3. The van der Waals surface area contributed by atoms with Crippen molar-refractivity contribution in [3.8, 4) is 0 Å². The Morgan fingerprint density at radius 3 is 2.64 bits per heavy atom. The molecule has 1 rings (SSSR count). The van der Waals surface area contributed by atoms with Crippen molar-refractivity contribution in [2.24, 2.45) is 0 Å². The van der Waals surface area contributed by atoms with Crippen LogP contribution in [0, 0.1) is 6.92 Å². The van der Waals surface area contributed by atoms with Crippen molar-refractivity contribution in [2.45, 2.75) is 18.7 Å². The molecular weight excluding hydrogens is 242 g/mol. The van der Waals surface area contributed by atoms with Gasteiger partial charge in [0, 0.05) is 12.7 Å². The van der Waals surface area contributed by atoms with Gasteiger partial charge in [-0.05, 0) is 31.5 Å². The van der Waals surface area contributed by atoms with Crippen LogP contribution in [0.3, 0.4) is 0 Å². The van der Waals surface area contributed by atoms with Gasteiger partial charge in [0.1, 0.15) is 0 Å². The number of carbonyl (C=O) groups excluding carboxylic acids is 1. The predicted octanol–water partition coefficient (Wildman–Crippen LogP) is 2.74. The topological polar surface area (TPSA) is 20.3 Å². The lowest BCUT2D eigenvalue weighted by atomic mass is 10.2. The number of hydrogen-bond donors (Lipinski definition) is 0. The molecule has 3 heteroatoms. The smallest absolute Gasteiger partial charge is 0.240 e. The van der Waals surface area contributed by atoms with Gasteiger partial charge in [-0.25, -0.2) is 0 Å². The molecule has 0 aliphatic carbocycles. The van der Waals surface area contributed by atoms with E-state index in [9.17, 15) is 4.79 Å². The molecule has 1 aromatic rings. The quantitative estimate of drug-likeness (QED) is 0.745. The lowest BCUT2D eigenvalue weighted by molar-refractivity contribution is -0.117. The van der Waals surface area contributed by atoms with Crippen LogP contribution in [0.4, 0.5) is 5.69 Å². The molecule has 0 bridgehead atoms. The molecule has 1 aromatic carbocycles. The Morgan fingerprint density at radius 2 is 2.14 bits per heavy atom. The van der Waals surface area contributed by atoms with E-state index >= 15 is 0 Å². The van der Waals surface area contributed by atoms with Gasteiger partial charge in [-0.1, -0.05) is 28.1 Å². The first-order valence-corrected chi connectivity index (χ1v) is 5.42. The second-order valence-corrected chi connectivity index (χ2v) is 4.73. The molecule has 0 heterocycles. The second-order valence-electron chi connectivity index (χ2n) is 3.35. The Hall–Kier alpha value is -0.830. The second kappa shape index (κ2) is 4.60. The summed E-state index contributed by atoms with van der Waals surface area (Å²) in [6, 6.07) is 7.89. The first kappa shape index (κ1) is 11.2. The summed E-state index contributed by atoms with van der Waals surface area (Å²) in [7, 11) is 1.79. The zero-order chi connectivity index (χ0) is 10.7. The summed E-state index contributed by atoms with van der Waals surface area (Å²) in [6.07, 6.45) is 0. The molecule has 0 aliphatic rings. The van der Waals surface area contributed by atoms with Gasteiger partial charge in [0.15, 0.2) is 0 Å². The molecule has 0 saturated carbocycles. The minimum absolute atomic E-state index is 0.0654. The van der Waals surface area contributed by atoms with Crippen LogP contribution in [-0.4, -0.2) is 17.8 Å². The summed E-state index contributed by atoms with van der Waals surface area (Å²) in [6.45, 7) is 3.84. The van der Waals surface area contributed by atoms with Gasteiger partial charge in [0.2, 0.25) is 5.91 Å². The number of anilines is 1. The maximum absolute atomic E-state index is 11.6. The molecule has 1 atom stereocenters. The van der Waals surface area contributed by atoms with Gasteiger partial charge in [0.25, 0.3) is 0 Å². The van der Waals surface area contributed by atoms with E-state index in [2.05, 4.69) is 15.9 Å². The number of rotatable bonds is 2. The van der Waals surface area contributed by atoms with Crippen molar-refractivity contribution in [3.05, 3.63) is 29.8 Å². The van der Waals surface area contributed by atoms with Crippen LogP contribution in [0.25, 0.3) is 0 Å². The number of aryl methyl sites for hydroxylation is 1. The van der Waals surface area contributed by atoms with E-state index in [1.54, 1.807) is 11.9 Å². The third kappa shape index (κ3) is 2.58. The Labute approximate surface area is 93.0 Å². The SMILES string of the molecule is Cc1cccc(N(C)C(=O)C(C)Br)c1. The van der Waals surface area contributed by atoms with Crippen molar-refractivity contribution in [1.29, 1.82) is 0 Å². The highest BCUT2D eigenvalue weighted by Crippen LogP contribution is 2.16. The molecule has 2 nitrogen and oxygen atoms in total. The van der Waals surface area contributed by atoms with E-state index in [0.29, 0.717) is 0 Å². The molecular formula is C11H14BrNO. The van der Waals surface area contributed by atoms with E-state index in [1.165, 1.54) is 0 Å². The molecule has 1 unspecified atom stereocenters. The van der Waals surface area contributed by atoms with Crippen LogP contribution in [-0.2, 0) is 4.79 Å². The van der Waals surface area contributed by atoms with Crippen molar-refractivity contribution in [3.63, 3.8) is 0 Å². The maximum Gasteiger partial charge on any atom is 0.240 e. The van der Waals surface area contributed by atoms with Crippen molar-refractivity contribution in [2.75, 3.05) is 11.9 Å². The number of hydrogen-bond acceptors (Lipinski definition) is 1. The number of benzene rings is 1. The Bertz CT molecular complexity index is 336. The summed E-state index contributed by atoms with van der Waals surface area (Å²) in [5, 5.41) is 0. The van der Waals surface area contributed by atoms with Crippen LogP contribution < -0.4 is 4.90 Å². The van der Waals surface area contributed by atoms with Gasteiger partial charge in [0.05, 0.1) is 4.83 Å². The molecule has 76 valence electrons. The molecule has 0 saturated heterocycles. The largest absolute Gasteiger partial charge is 0.315 e. The highest BCUT2D eigenvalue weighted by molar-refractivity contribution is 9.10. The third-order valence-electron chi connectivity index (χ3n) is 2.06. The number of carbonyl (C=O) groups is 1. The lowest BCUT2D eigenvalue weighted by Gasteiger charge is -2.19. The summed E-state index contributed by atoms with van der Waals surface area (Å²) in [5.74, 6) is 0.0654. The minimum atomic E-state index is -0.145. The maximum atomic E-state index is 11.6. The van der Waals surface area contributed by atoms with E-state index in [4.69, 9.17) is 0 Å². The molecule has 1 amide bonds. The van der Waals surface area contributed by atoms with E-state index in [0.717, 1.165) is 11.3 Å². The van der Waals surface area contributed by atoms with Crippen molar-refractivity contribution >= 4 is 27.5 Å². The number of amides is 1. The average molecular weight is 256 g/mol. The van der Waals surface area contributed by atoms with Crippen LogP contribution >= 0.6 is 15.9 Å². The highest BCUT2D eigenvalue weighted by Gasteiger charge is 2.15. The molecule has 14 heavy (non-hydrogen) atoms. The Kier molecular flexibility index (Phi) is 3.69. The highest BCUT2D eigenvalue weighted by atomic mass is 79.9. The Balaban J connectivity index is 2.89. The molecule has 0 spiro atoms. The van der Waals surface area contributed by atoms with Crippen LogP contribution in [0.1, 0.15) is 12.5 Å². The van der Waals surface area contributed by atoms with Gasteiger partial charge in [-0.3, -0.25) is 4.79 Å². The number of nitrogens with zero attached hydrogens (tertiary/aromatic N) is 1. The summed E-state index contributed by atoms with van der Waals surface area (Å²) in [5.41, 5.74) is 2.09. The molecule has 0 radical (unpaired) electrons. The number of alkyl halides is 1. The lowest BCUT2D eigenvalue weighted by Crippen LogP contribution is -2.31. The molecule has 0 aromatic heterocycles. The normalized spacial score (nSPS) is 12.3. The van der Waals surface area contributed by atoms with E-state index in [-0.39, 0.29) is 10.7 Å². The molecule has 0 aliphatic heterocycles. The fourth-order valence-corrected chi connectivity index (χ4v) is 1.54. The van der Waals surface area contributed by atoms with Crippen LogP contribution in [0.2, 0.25) is 0 Å².